The maximum Gasteiger partial charge on any atom is 0.0288 e. The molecule has 0 saturated carbocycles. The fourth-order valence-electron chi connectivity index (χ4n) is 3.22. The molecule has 2 aromatic rings. The highest BCUT2D eigenvalue weighted by atomic mass is 14.9. The Bertz CT molecular complexity index is 542. The largest absolute Gasteiger partial charge is 0.353 e. The summed E-state index contributed by atoms with van der Waals surface area (Å²) in [4.78, 5) is 0. The summed E-state index contributed by atoms with van der Waals surface area (Å²) >= 11 is 0. The van der Waals surface area contributed by atoms with Crippen molar-refractivity contribution in [1.82, 2.24) is 4.57 Å². The Labute approximate surface area is 115 Å². The Kier molecular flexibility index (Phi) is 3.69. The van der Waals surface area contributed by atoms with Gasteiger partial charge in [0.2, 0.25) is 0 Å². The molecule has 0 amide bonds. The molecular formula is C17H22N2. The number of aryl methyl sites for hydroxylation is 1. The third kappa shape index (κ3) is 2.74. The Hall–Kier alpha value is -1.54. The first-order chi connectivity index (χ1) is 9.36. The van der Waals surface area contributed by atoms with E-state index in [1.165, 1.54) is 24.8 Å². The van der Waals surface area contributed by atoms with E-state index in [-0.39, 0.29) is 0 Å². The zero-order chi connectivity index (χ0) is 13.1. The number of benzene rings is 1. The topological polar surface area (TPSA) is 30.9 Å². The molecule has 19 heavy (non-hydrogen) atoms. The molecule has 2 heteroatoms. The van der Waals surface area contributed by atoms with Crippen molar-refractivity contribution in [2.45, 2.75) is 38.1 Å². The summed E-state index contributed by atoms with van der Waals surface area (Å²) in [6.07, 6.45) is 9.30. The van der Waals surface area contributed by atoms with Gasteiger partial charge in [0, 0.05) is 24.9 Å². The van der Waals surface area contributed by atoms with Crippen LogP contribution < -0.4 is 5.73 Å². The van der Waals surface area contributed by atoms with Gasteiger partial charge < -0.3 is 10.3 Å². The van der Waals surface area contributed by atoms with Gasteiger partial charge in [-0.25, -0.2) is 0 Å². The molecule has 0 spiro atoms. The summed E-state index contributed by atoms with van der Waals surface area (Å²) in [5.74, 6) is 0.670. The fraction of sp³-hybridized carbons (Fsp3) is 0.412. The number of hydrogen-bond donors (Lipinski definition) is 1. The second kappa shape index (κ2) is 5.62. The summed E-state index contributed by atoms with van der Waals surface area (Å²) in [5.41, 5.74) is 10.1. The quantitative estimate of drug-likeness (QED) is 0.893. The lowest BCUT2D eigenvalue weighted by atomic mass is 9.83. The number of fused-ring (bicyclic) bond motifs is 1. The van der Waals surface area contributed by atoms with E-state index in [0.717, 1.165) is 19.5 Å². The number of nitrogens with zero attached hydrogens (tertiary/aromatic N) is 1. The number of rotatable bonds is 4. The first-order valence-electron chi connectivity index (χ1n) is 7.29. The Morgan fingerprint density at radius 1 is 1.21 bits per heavy atom. The molecule has 100 valence electrons. The predicted octanol–water partition coefficient (Wildman–Crippen LogP) is 3.11. The number of aromatic nitrogens is 1. The fourth-order valence-corrected chi connectivity index (χ4v) is 3.22. The zero-order valence-electron chi connectivity index (χ0n) is 11.4. The normalized spacial score (nSPS) is 18.3. The van der Waals surface area contributed by atoms with E-state index in [1.807, 2.05) is 0 Å². The van der Waals surface area contributed by atoms with Crippen molar-refractivity contribution in [2.75, 3.05) is 6.54 Å². The molecular weight excluding hydrogens is 232 g/mol. The molecule has 1 heterocycles. The first-order valence-corrected chi connectivity index (χ1v) is 7.29. The van der Waals surface area contributed by atoms with Gasteiger partial charge in [-0.2, -0.15) is 0 Å². The lowest BCUT2D eigenvalue weighted by Gasteiger charge is -2.25. The predicted molar refractivity (Wildman–Crippen MR) is 79.3 cm³/mol. The van der Waals surface area contributed by atoms with Crippen LogP contribution in [0.4, 0.5) is 0 Å². The Morgan fingerprint density at radius 3 is 3.00 bits per heavy atom. The number of nitrogens with two attached hydrogens (primary N) is 1. The van der Waals surface area contributed by atoms with Crippen LogP contribution in [0, 0.1) is 0 Å². The van der Waals surface area contributed by atoms with Gasteiger partial charge in [-0.3, -0.25) is 0 Å². The van der Waals surface area contributed by atoms with Crippen LogP contribution in [-0.4, -0.2) is 11.1 Å². The van der Waals surface area contributed by atoms with Crippen molar-refractivity contribution in [2.24, 2.45) is 5.73 Å². The van der Waals surface area contributed by atoms with Gasteiger partial charge in [0.05, 0.1) is 0 Å². The van der Waals surface area contributed by atoms with Crippen molar-refractivity contribution in [3.8, 4) is 0 Å². The minimum absolute atomic E-state index is 0.670. The average Bonchev–Trinajstić information content (AvgIpc) is 2.87. The molecule has 0 fully saturated rings. The lowest BCUT2D eigenvalue weighted by molar-refractivity contribution is 0.484. The van der Waals surface area contributed by atoms with E-state index in [0.29, 0.717) is 5.92 Å². The zero-order valence-corrected chi connectivity index (χ0v) is 11.4. The van der Waals surface area contributed by atoms with Crippen molar-refractivity contribution in [3.63, 3.8) is 0 Å². The molecule has 1 aliphatic rings. The lowest BCUT2D eigenvalue weighted by Crippen LogP contribution is -2.14. The van der Waals surface area contributed by atoms with Gasteiger partial charge in [0.15, 0.2) is 0 Å². The Morgan fingerprint density at radius 2 is 2.11 bits per heavy atom. The van der Waals surface area contributed by atoms with E-state index in [2.05, 4.69) is 47.3 Å². The maximum atomic E-state index is 5.61. The number of hydrogen-bond acceptors (Lipinski definition) is 1. The highest BCUT2D eigenvalue weighted by molar-refractivity contribution is 5.32. The molecule has 1 aromatic carbocycles. The monoisotopic (exact) mass is 254 g/mol. The van der Waals surface area contributed by atoms with Crippen LogP contribution in [0.5, 0.6) is 0 Å². The molecule has 1 atom stereocenters. The summed E-state index contributed by atoms with van der Waals surface area (Å²) < 4.78 is 2.33. The van der Waals surface area contributed by atoms with Crippen molar-refractivity contribution < 1.29 is 0 Å². The molecule has 2 N–H and O–H groups in total. The van der Waals surface area contributed by atoms with Crippen LogP contribution in [0.2, 0.25) is 0 Å². The molecule has 0 bridgehead atoms. The van der Waals surface area contributed by atoms with Crippen LogP contribution in [0.1, 0.15) is 35.4 Å². The molecule has 0 saturated heterocycles. The van der Waals surface area contributed by atoms with Crippen LogP contribution in [0.15, 0.2) is 42.7 Å². The minimum Gasteiger partial charge on any atom is -0.353 e. The molecule has 1 aliphatic carbocycles. The molecule has 1 unspecified atom stereocenters. The van der Waals surface area contributed by atoms with E-state index >= 15 is 0 Å². The van der Waals surface area contributed by atoms with Crippen LogP contribution in [-0.2, 0) is 19.4 Å². The van der Waals surface area contributed by atoms with E-state index in [4.69, 9.17) is 5.73 Å². The van der Waals surface area contributed by atoms with Crippen molar-refractivity contribution in [3.05, 3.63) is 59.4 Å². The molecule has 2 nitrogen and oxygen atoms in total. The SMILES string of the molecule is NCCc1ccn(CC2CCCc3ccccc32)c1. The summed E-state index contributed by atoms with van der Waals surface area (Å²) in [6, 6.07) is 11.1. The third-order valence-corrected chi connectivity index (χ3v) is 4.17. The minimum atomic E-state index is 0.670. The van der Waals surface area contributed by atoms with Gasteiger partial charge in [-0.05, 0) is 55.0 Å². The van der Waals surface area contributed by atoms with Gasteiger partial charge in [0.25, 0.3) is 0 Å². The van der Waals surface area contributed by atoms with Gasteiger partial charge in [0.1, 0.15) is 0 Å². The van der Waals surface area contributed by atoms with E-state index < -0.39 is 0 Å². The van der Waals surface area contributed by atoms with E-state index in [1.54, 1.807) is 11.1 Å². The molecule has 1 aromatic heterocycles. The van der Waals surface area contributed by atoms with Gasteiger partial charge in [-0.1, -0.05) is 24.3 Å². The highest BCUT2D eigenvalue weighted by Crippen LogP contribution is 2.32. The molecule has 0 radical (unpaired) electrons. The smallest absolute Gasteiger partial charge is 0.0288 e. The second-order valence-corrected chi connectivity index (χ2v) is 5.54. The van der Waals surface area contributed by atoms with Crippen molar-refractivity contribution >= 4 is 0 Å². The van der Waals surface area contributed by atoms with Gasteiger partial charge in [-0.15, -0.1) is 0 Å². The van der Waals surface area contributed by atoms with Crippen LogP contribution >= 0.6 is 0 Å². The van der Waals surface area contributed by atoms with E-state index in [9.17, 15) is 0 Å². The summed E-state index contributed by atoms with van der Waals surface area (Å²) in [7, 11) is 0. The second-order valence-electron chi connectivity index (χ2n) is 5.54. The molecule has 0 aliphatic heterocycles. The summed E-state index contributed by atoms with van der Waals surface area (Å²) in [6.45, 7) is 1.83. The van der Waals surface area contributed by atoms with Crippen LogP contribution in [0.25, 0.3) is 0 Å². The standard InChI is InChI=1S/C17H22N2/c18-10-8-14-9-11-19(12-14)13-16-6-3-5-15-4-1-2-7-17(15)16/h1-2,4,7,9,11-12,16H,3,5-6,8,10,13,18H2. The van der Waals surface area contributed by atoms with Gasteiger partial charge >= 0.3 is 0 Å². The highest BCUT2D eigenvalue weighted by Gasteiger charge is 2.19. The van der Waals surface area contributed by atoms with Crippen molar-refractivity contribution in [1.29, 1.82) is 0 Å². The summed E-state index contributed by atoms with van der Waals surface area (Å²) in [5, 5.41) is 0. The molecule has 3 rings (SSSR count). The maximum absolute atomic E-state index is 5.61. The first kappa shape index (κ1) is 12.5. The van der Waals surface area contributed by atoms with Crippen LogP contribution in [0.3, 0.4) is 0 Å². The average molecular weight is 254 g/mol. The Balaban J connectivity index is 1.76. The third-order valence-electron chi connectivity index (χ3n) is 4.17.